The standard InChI is InChI=1S/C19H14ClN3O4S/c1-7-6-21-19(28-7)23-17(24)10-11(18(23)25)15-16-12(14(10)26-15)13(22-27-16)8-2-4-9(20)5-3-8/h2-6,10-12,14-16H,1H3/t10-,11+,12-,14-,15+,16-/m1/s1. The molecule has 4 aliphatic rings. The first kappa shape index (κ1) is 16.6. The summed E-state index contributed by atoms with van der Waals surface area (Å²) < 4.78 is 6.09. The second-order valence-electron chi connectivity index (χ2n) is 7.46. The molecule has 4 aliphatic heterocycles. The lowest BCUT2D eigenvalue weighted by atomic mass is 9.71. The lowest BCUT2D eigenvalue weighted by Crippen LogP contribution is -2.45. The number of ether oxygens (including phenoxy) is 1. The number of anilines is 1. The quantitative estimate of drug-likeness (QED) is 0.703. The predicted molar refractivity (Wildman–Crippen MR) is 101 cm³/mol. The minimum absolute atomic E-state index is 0.179. The molecule has 1 aromatic heterocycles. The van der Waals surface area contributed by atoms with Gasteiger partial charge in [-0.15, -0.1) is 11.3 Å². The number of hydrogen-bond donors (Lipinski definition) is 0. The van der Waals surface area contributed by atoms with Crippen LogP contribution in [0.15, 0.2) is 35.6 Å². The van der Waals surface area contributed by atoms with Gasteiger partial charge in [-0.3, -0.25) is 9.59 Å². The molecule has 3 fully saturated rings. The molecule has 6 rings (SSSR count). The third kappa shape index (κ3) is 2.02. The molecule has 2 bridgehead atoms. The molecular formula is C19H14ClN3O4S. The molecule has 6 atom stereocenters. The zero-order valence-electron chi connectivity index (χ0n) is 14.6. The van der Waals surface area contributed by atoms with Crippen LogP contribution in [0.5, 0.6) is 0 Å². The molecule has 5 heterocycles. The Kier molecular flexibility index (Phi) is 3.34. The molecular weight excluding hydrogens is 402 g/mol. The smallest absolute Gasteiger partial charge is 0.242 e. The number of rotatable bonds is 2. The van der Waals surface area contributed by atoms with Gasteiger partial charge in [-0.1, -0.05) is 28.9 Å². The number of fused-ring (bicyclic) bond motifs is 8. The molecule has 28 heavy (non-hydrogen) atoms. The molecule has 7 nitrogen and oxygen atoms in total. The van der Waals surface area contributed by atoms with Gasteiger partial charge in [0.15, 0.2) is 11.2 Å². The van der Waals surface area contributed by atoms with Crippen LogP contribution >= 0.6 is 22.9 Å². The van der Waals surface area contributed by atoms with E-state index in [1.807, 2.05) is 19.1 Å². The van der Waals surface area contributed by atoms with E-state index in [0.717, 1.165) is 16.2 Å². The summed E-state index contributed by atoms with van der Waals surface area (Å²) in [6, 6.07) is 7.34. The van der Waals surface area contributed by atoms with Crippen LogP contribution in [0.1, 0.15) is 10.4 Å². The number of benzene rings is 1. The number of aryl methyl sites for hydroxylation is 1. The summed E-state index contributed by atoms with van der Waals surface area (Å²) in [4.78, 5) is 38.3. The van der Waals surface area contributed by atoms with Gasteiger partial charge in [0.25, 0.3) is 0 Å². The number of carbonyl (C=O) groups excluding carboxylic acids is 2. The third-order valence-corrected chi connectivity index (χ3v) is 7.13. The van der Waals surface area contributed by atoms with E-state index in [0.29, 0.717) is 10.2 Å². The van der Waals surface area contributed by atoms with E-state index in [9.17, 15) is 9.59 Å². The molecule has 0 aliphatic carbocycles. The Labute approximate surface area is 168 Å². The van der Waals surface area contributed by atoms with Crippen molar-refractivity contribution < 1.29 is 19.2 Å². The van der Waals surface area contributed by atoms with Crippen LogP contribution in [-0.2, 0) is 19.2 Å². The van der Waals surface area contributed by atoms with Gasteiger partial charge in [-0.2, -0.15) is 0 Å². The maximum absolute atomic E-state index is 13.2. The number of imide groups is 1. The number of amides is 2. The molecule has 142 valence electrons. The molecule has 0 N–H and O–H groups in total. The molecule has 3 saturated heterocycles. The number of hydrogen-bond acceptors (Lipinski definition) is 7. The van der Waals surface area contributed by atoms with Gasteiger partial charge >= 0.3 is 0 Å². The fraction of sp³-hybridized carbons (Fsp3) is 0.368. The Morgan fingerprint density at radius 2 is 1.75 bits per heavy atom. The van der Waals surface area contributed by atoms with E-state index in [-0.39, 0.29) is 23.8 Å². The minimum Gasteiger partial charge on any atom is -0.389 e. The normalized spacial score (nSPS) is 35.2. The second kappa shape index (κ2) is 5.62. The number of aromatic nitrogens is 1. The van der Waals surface area contributed by atoms with Crippen LogP contribution in [0.25, 0.3) is 0 Å². The minimum atomic E-state index is -0.539. The summed E-state index contributed by atoms with van der Waals surface area (Å²) in [7, 11) is 0. The SMILES string of the molecule is Cc1cnc(N2C(=O)[C@@H]3[C@@H]4O[C@@H]([C@H]5C(c6ccc(Cl)cc6)=NO[C@@H]45)[C@@H]3C2=O)s1. The first-order chi connectivity index (χ1) is 13.5. The Morgan fingerprint density at radius 1 is 1.04 bits per heavy atom. The maximum Gasteiger partial charge on any atom is 0.242 e. The Bertz CT molecular complexity index is 1050. The summed E-state index contributed by atoms with van der Waals surface area (Å²) in [6.07, 6.45) is 0.408. The number of carbonyl (C=O) groups is 2. The van der Waals surface area contributed by atoms with Crippen molar-refractivity contribution in [3.05, 3.63) is 45.9 Å². The average Bonchev–Trinajstić information content (AvgIpc) is 3.44. The van der Waals surface area contributed by atoms with Crippen molar-refractivity contribution in [3.63, 3.8) is 0 Å². The van der Waals surface area contributed by atoms with Crippen molar-refractivity contribution in [1.82, 2.24) is 4.98 Å². The van der Waals surface area contributed by atoms with Crippen molar-refractivity contribution in [3.8, 4) is 0 Å². The lowest BCUT2D eigenvalue weighted by molar-refractivity contribution is -0.125. The molecule has 0 spiro atoms. The van der Waals surface area contributed by atoms with Gasteiger partial charge in [0.2, 0.25) is 11.8 Å². The molecule has 0 unspecified atom stereocenters. The van der Waals surface area contributed by atoms with E-state index in [1.54, 1.807) is 18.3 Å². The largest absolute Gasteiger partial charge is 0.389 e. The van der Waals surface area contributed by atoms with Gasteiger partial charge in [-0.25, -0.2) is 9.88 Å². The Balaban J connectivity index is 1.36. The van der Waals surface area contributed by atoms with Crippen molar-refractivity contribution in [1.29, 1.82) is 0 Å². The Hall–Kier alpha value is -2.29. The second-order valence-corrected chi connectivity index (χ2v) is 9.11. The van der Waals surface area contributed by atoms with Gasteiger partial charge in [-0.05, 0) is 24.6 Å². The van der Waals surface area contributed by atoms with Crippen LogP contribution in [0, 0.1) is 24.7 Å². The average molecular weight is 416 g/mol. The van der Waals surface area contributed by atoms with Gasteiger partial charge < -0.3 is 9.57 Å². The first-order valence-corrected chi connectivity index (χ1v) is 10.2. The summed E-state index contributed by atoms with van der Waals surface area (Å²) >= 11 is 7.33. The number of nitrogens with zero attached hydrogens (tertiary/aromatic N) is 3. The summed E-state index contributed by atoms with van der Waals surface area (Å²) in [6.45, 7) is 1.90. The van der Waals surface area contributed by atoms with E-state index >= 15 is 0 Å². The summed E-state index contributed by atoms with van der Waals surface area (Å²) in [5.74, 6) is -1.73. The highest BCUT2D eigenvalue weighted by atomic mass is 35.5. The summed E-state index contributed by atoms with van der Waals surface area (Å²) in [5.41, 5.74) is 1.63. The van der Waals surface area contributed by atoms with Crippen LogP contribution in [0.4, 0.5) is 5.13 Å². The van der Waals surface area contributed by atoms with Crippen molar-refractivity contribution in [2.45, 2.75) is 25.2 Å². The van der Waals surface area contributed by atoms with Crippen molar-refractivity contribution in [2.75, 3.05) is 4.90 Å². The highest BCUT2D eigenvalue weighted by Gasteiger charge is 2.72. The number of thiazole rings is 1. The monoisotopic (exact) mass is 415 g/mol. The van der Waals surface area contributed by atoms with Crippen molar-refractivity contribution in [2.24, 2.45) is 22.9 Å². The zero-order chi connectivity index (χ0) is 19.2. The fourth-order valence-electron chi connectivity index (χ4n) is 4.85. The topological polar surface area (TPSA) is 81.1 Å². The van der Waals surface area contributed by atoms with Crippen molar-refractivity contribution >= 4 is 45.6 Å². The molecule has 0 radical (unpaired) electrons. The molecule has 9 heteroatoms. The van der Waals surface area contributed by atoms with E-state index in [1.165, 1.54) is 16.2 Å². The highest BCUT2D eigenvalue weighted by molar-refractivity contribution is 7.16. The van der Waals surface area contributed by atoms with Crippen LogP contribution < -0.4 is 4.90 Å². The molecule has 2 amide bonds. The van der Waals surface area contributed by atoms with E-state index < -0.39 is 24.0 Å². The number of halogens is 1. The van der Waals surface area contributed by atoms with Gasteiger partial charge in [0, 0.05) is 16.1 Å². The third-order valence-electron chi connectivity index (χ3n) is 5.98. The summed E-state index contributed by atoms with van der Waals surface area (Å²) in [5, 5.41) is 5.33. The Morgan fingerprint density at radius 3 is 2.43 bits per heavy atom. The van der Waals surface area contributed by atoms with E-state index in [2.05, 4.69) is 10.1 Å². The highest BCUT2D eigenvalue weighted by Crippen LogP contribution is 2.55. The lowest BCUT2D eigenvalue weighted by Gasteiger charge is -2.26. The van der Waals surface area contributed by atoms with Crippen LogP contribution in [-0.4, -0.2) is 40.8 Å². The predicted octanol–water partition coefficient (Wildman–Crippen LogP) is 2.41. The zero-order valence-corrected chi connectivity index (χ0v) is 16.2. The molecule has 1 aromatic carbocycles. The first-order valence-electron chi connectivity index (χ1n) is 9.00. The van der Waals surface area contributed by atoms with Crippen LogP contribution in [0.2, 0.25) is 5.02 Å². The number of oxime groups is 1. The molecule has 0 saturated carbocycles. The maximum atomic E-state index is 13.2. The van der Waals surface area contributed by atoms with Gasteiger partial charge in [0.1, 0.15) is 6.10 Å². The molecule has 2 aromatic rings. The fourth-order valence-corrected chi connectivity index (χ4v) is 5.75. The van der Waals surface area contributed by atoms with Crippen LogP contribution in [0.3, 0.4) is 0 Å². The van der Waals surface area contributed by atoms with Gasteiger partial charge in [0.05, 0.1) is 29.6 Å². The van der Waals surface area contributed by atoms with E-state index in [4.69, 9.17) is 21.2 Å².